The van der Waals surface area contributed by atoms with Crippen LogP contribution in [0.2, 0.25) is 0 Å². The third-order valence-electron chi connectivity index (χ3n) is 4.88. The average molecular weight is 349 g/mol. The second-order valence-electron chi connectivity index (χ2n) is 6.89. The number of allylic oxidation sites excluding steroid dienone is 2. The summed E-state index contributed by atoms with van der Waals surface area (Å²) in [5.74, 6) is 0.822. The second-order valence-corrected chi connectivity index (χ2v) is 7.68. The smallest absolute Gasteiger partial charge is 0.137 e. The van der Waals surface area contributed by atoms with Crippen LogP contribution < -0.4 is 0 Å². The van der Waals surface area contributed by atoms with Crippen molar-refractivity contribution in [2.45, 2.75) is 52.9 Å². The van der Waals surface area contributed by atoms with E-state index < -0.39 is 0 Å². The minimum absolute atomic E-state index is 0.0736. The summed E-state index contributed by atoms with van der Waals surface area (Å²) in [6, 6.07) is 10.3. The van der Waals surface area contributed by atoms with Crippen molar-refractivity contribution in [3.8, 4) is 0 Å². The number of hydrogen-bond donors (Lipinski definition) is 0. The molecule has 0 saturated carbocycles. The molecule has 1 aromatic rings. The predicted octanol–water partition coefficient (Wildman–Crippen LogP) is 5.85. The minimum Gasteiger partial charge on any atom is -0.299 e. The van der Waals surface area contributed by atoms with Crippen LogP contribution in [0.3, 0.4) is 0 Å². The van der Waals surface area contributed by atoms with Crippen LogP contribution in [-0.2, 0) is 4.79 Å². The van der Waals surface area contributed by atoms with Gasteiger partial charge in [0.2, 0.25) is 0 Å². The maximum atomic E-state index is 12.8. The van der Waals surface area contributed by atoms with Crippen LogP contribution in [0.25, 0.3) is 0 Å². The van der Waals surface area contributed by atoms with Crippen LogP contribution >= 0.6 is 15.9 Å². The Morgan fingerprint density at radius 2 is 1.95 bits per heavy atom. The lowest BCUT2D eigenvalue weighted by Gasteiger charge is -2.39. The van der Waals surface area contributed by atoms with E-state index in [-0.39, 0.29) is 11.3 Å². The summed E-state index contributed by atoms with van der Waals surface area (Å²) in [7, 11) is 0. The van der Waals surface area contributed by atoms with Gasteiger partial charge in [0.15, 0.2) is 0 Å². The van der Waals surface area contributed by atoms with E-state index in [1.54, 1.807) is 0 Å². The molecule has 2 rings (SSSR count). The molecular weight excluding hydrogens is 324 g/mol. The number of benzene rings is 1. The lowest BCUT2D eigenvalue weighted by molar-refractivity contribution is -0.126. The summed E-state index contributed by atoms with van der Waals surface area (Å²) in [5, 5.41) is 0. The van der Waals surface area contributed by atoms with Gasteiger partial charge in [-0.05, 0) is 31.2 Å². The zero-order valence-electron chi connectivity index (χ0n) is 13.4. The van der Waals surface area contributed by atoms with Crippen LogP contribution in [0, 0.1) is 11.3 Å². The summed E-state index contributed by atoms with van der Waals surface area (Å²) >= 11 is 3.72. The minimum atomic E-state index is -0.0736. The molecule has 114 valence electrons. The van der Waals surface area contributed by atoms with Gasteiger partial charge in [0.25, 0.3) is 0 Å². The maximum absolute atomic E-state index is 12.8. The Bertz CT molecular complexity index is 542. The van der Waals surface area contributed by atoms with E-state index >= 15 is 0 Å². The quantitative estimate of drug-likeness (QED) is 0.666. The highest BCUT2D eigenvalue weighted by Gasteiger charge is 2.40. The molecule has 1 aliphatic carbocycles. The highest BCUT2D eigenvalue weighted by Crippen LogP contribution is 2.48. The third kappa shape index (κ3) is 3.48. The van der Waals surface area contributed by atoms with Gasteiger partial charge in [0.1, 0.15) is 5.78 Å². The van der Waals surface area contributed by atoms with Crippen molar-refractivity contribution in [3.63, 3.8) is 0 Å². The SMILES string of the molecule is CC1=C(Br)C(C)(C)[C@H](C(=O)CC(C)c2ccccc2)CC1. The van der Waals surface area contributed by atoms with Gasteiger partial charge in [-0.15, -0.1) is 0 Å². The summed E-state index contributed by atoms with van der Waals surface area (Å²) < 4.78 is 1.23. The Labute approximate surface area is 137 Å². The molecule has 0 radical (unpaired) electrons. The van der Waals surface area contributed by atoms with E-state index in [1.165, 1.54) is 15.6 Å². The van der Waals surface area contributed by atoms with Crippen molar-refractivity contribution in [2.24, 2.45) is 11.3 Å². The Hall–Kier alpha value is -0.890. The molecule has 1 aromatic carbocycles. The fourth-order valence-corrected chi connectivity index (χ4v) is 3.92. The van der Waals surface area contributed by atoms with Gasteiger partial charge in [0, 0.05) is 22.2 Å². The first-order chi connectivity index (χ1) is 9.84. The van der Waals surface area contributed by atoms with E-state index in [4.69, 9.17) is 0 Å². The molecule has 0 saturated heterocycles. The molecular formula is C19H25BrO. The third-order valence-corrected chi connectivity index (χ3v) is 6.58. The first-order valence-electron chi connectivity index (χ1n) is 7.77. The highest BCUT2D eigenvalue weighted by molar-refractivity contribution is 9.11. The molecule has 0 N–H and O–H groups in total. The van der Waals surface area contributed by atoms with Crippen LogP contribution in [0.5, 0.6) is 0 Å². The zero-order valence-corrected chi connectivity index (χ0v) is 15.0. The van der Waals surface area contributed by atoms with E-state index in [0.29, 0.717) is 18.1 Å². The van der Waals surface area contributed by atoms with Crippen molar-refractivity contribution in [2.75, 3.05) is 0 Å². The number of halogens is 1. The Morgan fingerprint density at radius 3 is 2.57 bits per heavy atom. The van der Waals surface area contributed by atoms with Crippen molar-refractivity contribution in [3.05, 3.63) is 46.0 Å². The van der Waals surface area contributed by atoms with Crippen LogP contribution in [-0.4, -0.2) is 5.78 Å². The Morgan fingerprint density at radius 1 is 1.33 bits per heavy atom. The van der Waals surface area contributed by atoms with Gasteiger partial charge in [-0.2, -0.15) is 0 Å². The van der Waals surface area contributed by atoms with Crippen LogP contribution in [0.4, 0.5) is 0 Å². The zero-order chi connectivity index (χ0) is 15.6. The fraction of sp³-hybridized carbons (Fsp3) is 0.526. The molecule has 1 unspecified atom stereocenters. The molecule has 21 heavy (non-hydrogen) atoms. The lowest BCUT2D eigenvalue weighted by atomic mass is 9.68. The molecule has 0 aromatic heterocycles. The molecule has 0 fully saturated rings. The topological polar surface area (TPSA) is 17.1 Å². The van der Waals surface area contributed by atoms with Crippen molar-refractivity contribution in [1.82, 2.24) is 0 Å². The Kier molecular flexibility index (Phi) is 5.08. The average Bonchev–Trinajstić information content (AvgIpc) is 2.45. The van der Waals surface area contributed by atoms with E-state index in [9.17, 15) is 4.79 Å². The van der Waals surface area contributed by atoms with Crippen molar-refractivity contribution in [1.29, 1.82) is 0 Å². The van der Waals surface area contributed by atoms with Gasteiger partial charge in [0.05, 0.1) is 0 Å². The highest BCUT2D eigenvalue weighted by atomic mass is 79.9. The fourth-order valence-electron chi connectivity index (χ4n) is 3.44. The maximum Gasteiger partial charge on any atom is 0.137 e. The predicted molar refractivity (Wildman–Crippen MR) is 92.6 cm³/mol. The standard InChI is InChI=1S/C19H25BrO/c1-13-10-11-16(19(3,4)18(13)20)17(21)12-14(2)15-8-6-5-7-9-15/h5-9,14,16H,10-12H2,1-4H3/t14?,16-/m0/s1. The molecule has 1 aliphatic rings. The number of carbonyl (C=O) groups is 1. The molecule has 1 nitrogen and oxygen atoms in total. The number of carbonyl (C=O) groups excluding carboxylic acids is 1. The van der Waals surface area contributed by atoms with Crippen molar-refractivity contribution < 1.29 is 4.79 Å². The van der Waals surface area contributed by atoms with Gasteiger partial charge in [-0.3, -0.25) is 4.79 Å². The monoisotopic (exact) mass is 348 g/mol. The normalized spacial score (nSPS) is 23.0. The van der Waals surface area contributed by atoms with Gasteiger partial charge in [-0.1, -0.05) is 72.6 Å². The molecule has 0 spiro atoms. The van der Waals surface area contributed by atoms with Gasteiger partial charge >= 0.3 is 0 Å². The van der Waals surface area contributed by atoms with Gasteiger partial charge in [-0.25, -0.2) is 0 Å². The summed E-state index contributed by atoms with van der Waals surface area (Å²) in [6.07, 6.45) is 2.64. The van der Waals surface area contributed by atoms with Crippen LogP contribution in [0.1, 0.15) is 58.4 Å². The summed E-state index contributed by atoms with van der Waals surface area (Å²) in [4.78, 5) is 12.8. The molecule has 0 heterocycles. The van der Waals surface area contributed by atoms with E-state index in [1.807, 2.05) is 18.2 Å². The van der Waals surface area contributed by atoms with Gasteiger partial charge < -0.3 is 0 Å². The second kappa shape index (κ2) is 6.48. The lowest BCUT2D eigenvalue weighted by Crippen LogP contribution is -2.35. The molecule has 0 bridgehead atoms. The Balaban J connectivity index is 2.11. The number of rotatable bonds is 4. The first-order valence-corrected chi connectivity index (χ1v) is 8.56. The van der Waals surface area contributed by atoms with Crippen molar-refractivity contribution >= 4 is 21.7 Å². The molecule has 0 amide bonds. The number of Topliss-reactive ketones (excluding diaryl/α,β-unsaturated/α-hetero) is 1. The number of ketones is 1. The molecule has 2 atom stereocenters. The summed E-state index contributed by atoms with van der Waals surface area (Å²) in [5.41, 5.74) is 2.57. The largest absolute Gasteiger partial charge is 0.299 e. The molecule has 0 aliphatic heterocycles. The van der Waals surface area contributed by atoms with Crippen LogP contribution in [0.15, 0.2) is 40.4 Å². The summed E-state index contributed by atoms with van der Waals surface area (Å²) in [6.45, 7) is 8.70. The first kappa shape index (κ1) is 16.5. The number of hydrogen-bond acceptors (Lipinski definition) is 1. The van der Waals surface area contributed by atoms with E-state index in [2.05, 4.69) is 55.8 Å². The molecule has 2 heteroatoms. The van der Waals surface area contributed by atoms with E-state index in [0.717, 1.165) is 12.8 Å².